The summed E-state index contributed by atoms with van der Waals surface area (Å²) < 4.78 is 24.4. The van der Waals surface area contributed by atoms with Crippen LogP contribution in [0.5, 0.6) is 0 Å². The summed E-state index contributed by atoms with van der Waals surface area (Å²) in [6.45, 7) is 4.10. The van der Waals surface area contributed by atoms with Gasteiger partial charge in [0.05, 0.1) is 5.75 Å². The Morgan fingerprint density at radius 1 is 1.12 bits per heavy atom. The third-order valence-electron chi connectivity index (χ3n) is 3.46. The van der Waals surface area contributed by atoms with E-state index in [1.807, 2.05) is 18.2 Å². The Morgan fingerprint density at radius 2 is 1.83 bits per heavy atom. The van der Waals surface area contributed by atoms with E-state index in [4.69, 9.17) is 11.6 Å². The Hall–Kier alpha value is -1.85. The van der Waals surface area contributed by atoms with Gasteiger partial charge in [-0.15, -0.1) is 0 Å². The standard InChI is InChI=1S/C18H20ClNO3S/c1-13(2)15-6-4-8-17(10-15)20-18(21)12-24(22,23)11-14-5-3-7-16(19)9-14/h3-10,13H,11-12H2,1-2H3,(H,20,21). The van der Waals surface area contributed by atoms with Crippen LogP contribution in [-0.2, 0) is 20.4 Å². The number of hydrogen-bond donors (Lipinski definition) is 1. The Bertz CT molecular complexity index is 832. The molecule has 1 N–H and O–H groups in total. The van der Waals surface area contributed by atoms with Crippen molar-refractivity contribution < 1.29 is 13.2 Å². The van der Waals surface area contributed by atoms with Crippen LogP contribution in [0.4, 0.5) is 5.69 Å². The zero-order chi connectivity index (χ0) is 17.7. The van der Waals surface area contributed by atoms with Crippen molar-refractivity contribution in [1.82, 2.24) is 0 Å². The predicted molar refractivity (Wildman–Crippen MR) is 98.1 cm³/mol. The molecule has 2 aromatic carbocycles. The van der Waals surface area contributed by atoms with Crippen LogP contribution >= 0.6 is 11.6 Å². The van der Waals surface area contributed by atoms with Crippen molar-refractivity contribution in [2.75, 3.05) is 11.1 Å². The van der Waals surface area contributed by atoms with Crippen molar-refractivity contribution in [3.8, 4) is 0 Å². The zero-order valence-electron chi connectivity index (χ0n) is 13.6. The maximum absolute atomic E-state index is 12.2. The Balaban J connectivity index is 2.02. The van der Waals surface area contributed by atoms with Crippen LogP contribution in [0.3, 0.4) is 0 Å². The number of anilines is 1. The van der Waals surface area contributed by atoms with Gasteiger partial charge in [0.2, 0.25) is 5.91 Å². The van der Waals surface area contributed by atoms with Gasteiger partial charge in [-0.05, 0) is 41.3 Å². The molecule has 0 unspecified atom stereocenters. The van der Waals surface area contributed by atoms with Crippen LogP contribution in [-0.4, -0.2) is 20.1 Å². The van der Waals surface area contributed by atoms with Gasteiger partial charge in [-0.3, -0.25) is 4.79 Å². The van der Waals surface area contributed by atoms with Gasteiger partial charge >= 0.3 is 0 Å². The summed E-state index contributed by atoms with van der Waals surface area (Å²) in [6.07, 6.45) is 0. The fourth-order valence-corrected chi connectivity index (χ4v) is 3.78. The minimum atomic E-state index is -3.57. The number of benzene rings is 2. The molecule has 0 saturated heterocycles. The van der Waals surface area contributed by atoms with Crippen LogP contribution in [0.2, 0.25) is 5.02 Å². The molecular formula is C18H20ClNO3S. The number of nitrogens with one attached hydrogen (secondary N) is 1. The van der Waals surface area contributed by atoms with Gasteiger partial charge in [0.1, 0.15) is 5.75 Å². The summed E-state index contributed by atoms with van der Waals surface area (Å²) in [5.74, 6) is -0.996. The molecule has 0 bridgehead atoms. The number of sulfone groups is 1. The highest BCUT2D eigenvalue weighted by atomic mass is 35.5. The highest BCUT2D eigenvalue weighted by Crippen LogP contribution is 2.19. The van der Waals surface area contributed by atoms with Gasteiger partial charge in [-0.1, -0.05) is 49.7 Å². The van der Waals surface area contributed by atoms with Crippen LogP contribution in [0, 0.1) is 0 Å². The molecule has 2 rings (SSSR count). The molecule has 0 aliphatic heterocycles. The lowest BCUT2D eigenvalue weighted by Crippen LogP contribution is -2.24. The van der Waals surface area contributed by atoms with Crippen LogP contribution in [0.25, 0.3) is 0 Å². The largest absolute Gasteiger partial charge is 0.325 e. The molecule has 0 saturated carbocycles. The molecule has 0 aliphatic carbocycles. The van der Waals surface area contributed by atoms with Gasteiger partial charge in [-0.25, -0.2) is 8.42 Å². The quantitative estimate of drug-likeness (QED) is 0.840. The molecule has 128 valence electrons. The van der Waals surface area contributed by atoms with E-state index in [0.29, 0.717) is 22.2 Å². The van der Waals surface area contributed by atoms with Crippen molar-refractivity contribution in [3.05, 3.63) is 64.7 Å². The third kappa shape index (κ3) is 5.65. The number of rotatable bonds is 6. The predicted octanol–water partition coefficient (Wildman–Crippen LogP) is 4.02. The minimum absolute atomic E-state index is 0.215. The number of hydrogen-bond acceptors (Lipinski definition) is 3. The van der Waals surface area contributed by atoms with Gasteiger partial charge in [0.25, 0.3) is 0 Å². The Labute approximate surface area is 147 Å². The van der Waals surface area contributed by atoms with Crippen molar-refractivity contribution >= 4 is 33.0 Å². The van der Waals surface area contributed by atoms with E-state index in [1.165, 1.54) is 0 Å². The van der Waals surface area contributed by atoms with Gasteiger partial charge in [-0.2, -0.15) is 0 Å². The highest BCUT2D eigenvalue weighted by Gasteiger charge is 2.18. The van der Waals surface area contributed by atoms with E-state index in [1.54, 1.807) is 30.3 Å². The van der Waals surface area contributed by atoms with Gasteiger partial charge in [0.15, 0.2) is 9.84 Å². The highest BCUT2D eigenvalue weighted by molar-refractivity contribution is 7.91. The number of halogens is 1. The van der Waals surface area contributed by atoms with Crippen LogP contribution in [0.1, 0.15) is 30.9 Å². The third-order valence-corrected chi connectivity index (χ3v) is 5.17. The maximum atomic E-state index is 12.2. The maximum Gasteiger partial charge on any atom is 0.239 e. The summed E-state index contributed by atoms with van der Waals surface area (Å²) in [5.41, 5.74) is 2.25. The molecular weight excluding hydrogens is 346 g/mol. The van der Waals surface area contributed by atoms with E-state index in [-0.39, 0.29) is 5.75 Å². The molecule has 6 heteroatoms. The second-order valence-corrected chi connectivity index (χ2v) is 8.49. The van der Waals surface area contributed by atoms with Crippen molar-refractivity contribution in [3.63, 3.8) is 0 Å². The molecule has 0 spiro atoms. The van der Waals surface area contributed by atoms with Crippen LogP contribution in [0.15, 0.2) is 48.5 Å². The molecule has 0 aromatic heterocycles. The zero-order valence-corrected chi connectivity index (χ0v) is 15.2. The summed E-state index contributed by atoms with van der Waals surface area (Å²) in [6, 6.07) is 14.0. The molecule has 0 atom stereocenters. The topological polar surface area (TPSA) is 63.2 Å². The fourth-order valence-electron chi connectivity index (χ4n) is 2.30. The summed E-state index contributed by atoms with van der Waals surface area (Å²) in [7, 11) is -3.57. The van der Waals surface area contributed by atoms with Crippen molar-refractivity contribution in [2.24, 2.45) is 0 Å². The molecule has 0 heterocycles. The molecule has 2 aromatic rings. The minimum Gasteiger partial charge on any atom is -0.325 e. The smallest absolute Gasteiger partial charge is 0.239 e. The molecule has 24 heavy (non-hydrogen) atoms. The Kier molecular flexibility index (Phi) is 6.02. The monoisotopic (exact) mass is 365 g/mol. The van der Waals surface area contributed by atoms with E-state index in [0.717, 1.165) is 5.56 Å². The van der Waals surface area contributed by atoms with Crippen molar-refractivity contribution in [2.45, 2.75) is 25.5 Å². The van der Waals surface area contributed by atoms with Crippen LogP contribution < -0.4 is 5.32 Å². The first-order valence-corrected chi connectivity index (χ1v) is 9.80. The second-order valence-electron chi connectivity index (χ2n) is 5.99. The lowest BCUT2D eigenvalue weighted by atomic mass is 10.0. The number of carbonyl (C=O) groups excluding carboxylic acids is 1. The van der Waals surface area contributed by atoms with E-state index < -0.39 is 21.5 Å². The average Bonchev–Trinajstić information content (AvgIpc) is 2.46. The van der Waals surface area contributed by atoms with Gasteiger partial charge in [0, 0.05) is 10.7 Å². The summed E-state index contributed by atoms with van der Waals surface area (Å²) in [5, 5.41) is 3.12. The first-order valence-electron chi connectivity index (χ1n) is 7.60. The molecule has 0 aliphatic rings. The van der Waals surface area contributed by atoms with E-state index in [2.05, 4.69) is 19.2 Å². The SMILES string of the molecule is CC(C)c1cccc(NC(=O)CS(=O)(=O)Cc2cccc(Cl)c2)c1. The molecule has 4 nitrogen and oxygen atoms in total. The number of carbonyl (C=O) groups is 1. The average molecular weight is 366 g/mol. The normalized spacial score (nSPS) is 11.5. The summed E-state index contributed by atoms with van der Waals surface area (Å²) >= 11 is 5.85. The lowest BCUT2D eigenvalue weighted by Gasteiger charge is -2.10. The fraction of sp³-hybridized carbons (Fsp3) is 0.278. The van der Waals surface area contributed by atoms with Crippen molar-refractivity contribution in [1.29, 1.82) is 0 Å². The Morgan fingerprint density at radius 3 is 2.50 bits per heavy atom. The molecule has 0 radical (unpaired) electrons. The lowest BCUT2D eigenvalue weighted by molar-refractivity contribution is -0.113. The summed E-state index contributed by atoms with van der Waals surface area (Å²) in [4.78, 5) is 12.1. The number of amides is 1. The first kappa shape index (κ1) is 18.5. The van der Waals surface area contributed by atoms with Gasteiger partial charge < -0.3 is 5.32 Å². The second kappa shape index (κ2) is 7.81. The molecule has 0 fully saturated rings. The van der Waals surface area contributed by atoms with E-state index >= 15 is 0 Å². The molecule has 1 amide bonds. The first-order chi connectivity index (χ1) is 11.2. The van der Waals surface area contributed by atoms with E-state index in [9.17, 15) is 13.2 Å².